The number of azide groups is 1. The smallest absolute Gasteiger partial charge is 0.303 e. The highest BCUT2D eigenvalue weighted by molar-refractivity contribution is 5.76. The van der Waals surface area contributed by atoms with Crippen molar-refractivity contribution in [2.24, 2.45) is 10.5 Å². The molecule has 0 radical (unpaired) electrons. The SMILES string of the molecule is CC(C)(CCC(=O)NCCN=[N+]=[N-])CC(=O)O. The van der Waals surface area contributed by atoms with E-state index >= 15 is 0 Å². The van der Waals surface area contributed by atoms with E-state index in [0.717, 1.165) is 0 Å². The van der Waals surface area contributed by atoms with E-state index in [0.29, 0.717) is 13.0 Å². The molecule has 0 spiro atoms. The zero-order chi connectivity index (χ0) is 13.3. The molecular weight excluding hydrogens is 224 g/mol. The van der Waals surface area contributed by atoms with Gasteiger partial charge in [0.2, 0.25) is 5.91 Å². The van der Waals surface area contributed by atoms with Gasteiger partial charge in [0.1, 0.15) is 0 Å². The lowest BCUT2D eigenvalue weighted by atomic mass is 9.84. The fourth-order valence-corrected chi connectivity index (χ4v) is 1.33. The maximum absolute atomic E-state index is 11.3. The van der Waals surface area contributed by atoms with Crippen LogP contribution in [0.25, 0.3) is 10.4 Å². The molecule has 1 amide bonds. The van der Waals surface area contributed by atoms with E-state index < -0.39 is 11.4 Å². The first kappa shape index (κ1) is 15.2. The standard InChI is InChI=1S/C10H18N4O3/c1-10(2,7-9(16)17)4-3-8(15)12-5-6-13-14-11/h3-7H2,1-2H3,(H,12,15)(H,16,17). The topological polar surface area (TPSA) is 115 Å². The van der Waals surface area contributed by atoms with Crippen molar-refractivity contribution in [3.63, 3.8) is 0 Å². The molecule has 0 saturated carbocycles. The fourth-order valence-electron chi connectivity index (χ4n) is 1.33. The summed E-state index contributed by atoms with van der Waals surface area (Å²) >= 11 is 0. The van der Waals surface area contributed by atoms with Crippen molar-refractivity contribution in [2.45, 2.75) is 33.1 Å². The molecule has 0 aliphatic rings. The minimum Gasteiger partial charge on any atom is -0.481 e. The molecule has 0 aromatic heterocycles. The molecule has 0 unspecified atom stereocenters. The average molecular weight is 242 g/mol. The zero-order valence-electron chi connectivity index (χ0n) is 10.1. The number of amides is 1. The van der Waals surface area contributed by atoms with Crippen LogP contribution in [0.3, 0.4) is 0 Å². The molecule has 0 saturated heterocycles. The van der Waals surface area contributed by atoms with E-state index in [4.69, 9.17) is 10.6 Å². The summed E-state index contributed by atoms with van der Waals surface area (Å²) in [6.07, 6.45) is 0.822. The zero-order valence-corrected chi connectivity index (χ0v) is 10.1. The fraction of sp³-hybridized carbons (Fsp3) is 0.800. The molecular formula is C10H18N4O3. The Balaban J connectivity index is 3.82. The van der Waals surface area contributed by atoms with Gasteiger partial charge < -0.3 is 10.4 Å². The lowest BCUT2D eigenvalue weighted by molar-refractivity contribution is -0.139. The third kappa shape index (κ3) is 9.19. The molecule has 2 N–H and O–H groups in total. The monoisotopic (exact) mass is 242 g/mol. The van der Waals surface area contributed by atoms with Crippen molar-refractivity contribution in [3.8, 4) is 0 Å². The molecule has 0 aliphatic carbocycles. The van der Waals surface area contributed by atoms with Crippen LogP contribution in [0.5, 0.6) is 0 Å². The Kier molecular flexibility index (Phi) is 6.74. The molecule has 96 valence electrons. The molecule has 17 heavy (non-hydrogen) atoms. The van der Waals surface area contributed by atoms with Crippen LogP contribution < -0.4 is 5.32 Å². The number of rotatable bonds is 8. The van der Waals surface area contributed by atoms with Gasteiger partial charge in [0.05, 0.1) is 6.42 Å². The van der Waals surface area contributed by atoms with Crippen LogP contribution in [0.1, 0.15) is 33.1 Å². The second-order valence-corrected chi connectivity index (χ2v) is 4.54. The Morgan fingerprint density at radius 1 is 1.47 bits per heavy atom. The Hall–Kier alpha value is -1.75. The third-order valence-electron chi connectivity index (χ3n) is 2.26. The van der Waals surface area contributed by atoms with Crippen molar-refractivity contribution >= 4 is 11.9 Å². The third-order valence-corrected chi connectivity index (χ3v) is 2.26. The van der Waals surface area contributed by atoms with Crippen LogP contribution in [-0.2, 0) is 9.59 Å². The van der Waals surface area contributed by atoms with Gasteiger partial charge in [-0.2, -0.15) is 0 Å². The molecule has 0 atom stereocenters. The van der Waals surface area contributed by atoms with Gasteiger partial charge in [0, 0.05) is 24.4 Å². The predicted molar refractivity (Wildman–Crippen MR) is 62.3 cm³/mol. The predicted octanol–water partition coefficient (Wildman–Crippen LogP) is 1.69. The van der Waals surface area contributed by atoms with E-state index in [9.17, 15) is 9.59 Å². The van der Waals surface area contributed by atoms with Crippen LogP contribution in [0.4, 0.5) is 0 Å². The maximum atomic E-state index is 11.3. The van der Waals surface area contributed by atoms with Gasteiger partial charge in [-0.15, -0.1) is 0 Å². The summed E-state index contributed by atoms with van der Waals surface area (Å²) in [4.78, 5) is 24.5. The van der Waals surface area contributed by atoms with Crippen LogP contribution in [-0.4, -0.2) is 30.1 Å². The van der Waals surface area contributed by atoms with Crippen molar-refractivity contribution in [2.75, 3.05) is 13.1 Å². The highest BCUT2D eigenvalue weighted by atomic mass is 16.4. The summed E-state index contributed by atoms with van der Waals surface area (Å²) in [5, 5.41) is 14.5. The Bertz CT molecular complexity index is 322. The Morgan fingerprint density at radius 2 is 2.12 bits per heavy atom. The number of hydrogen-bond acceptors (Lipinski definition) is 3. The molecule has 7 heteroatoms. The first-order valence-corrected chi connectivity index (χ1v) is 5.37. The number of carboxylic acids is 1. The summed E-state index contributed by atoms with van der Waals surface area (Å²) in [5.41, 5.74) is 7.62. The summed E-state index contributed by atoms with van der Waals surface area (Å²) < 4.78 is 0. The average Bonchev–Trinajstić information content (AvgIpc) is 2.20. The lowest BCUT2D eigenvalue weighted by Gasteiger charge is -2.21. The molecule has 0 rings (SSSR count). The van der Waals surface area contributed by atoms with Gasteiger partial charge in [-0.1, -0.05) is 19.0 Å². The van der Waals surface area contributed by atoms with Crippen molar-refractivity contribution in [1.82, 2.24) is 5.32 Å². The number of hydrogen-bond donors (Lipinski definition) is 2. The number of nitrogens with one attached hydrogen (secondary N) is 1. The van der Waals surface area contributed by atoms with Gasteiger partial charge >= 0.3 is 5.97 Å². The second kappa shape index (κ2) is 7.51. The summed E-state index contributed by atoms with van der Waals surface area (Å²) in [6, 6.07) is 0. The Morgan fingerprint density at radius 3 is 2.65 bits per heavy atom. The van der Waals surface area contributed by atoms with Gasteiger partial charge in [-0.05, 0) is 17.4 Å². The molecule has 0 bridgehead atoms. The van der Waals surface area contributed by atoms with Crippen LogP contribution in [0.2, 0.25) is 0 Å². The summed E-state index contributed by atoms with van der Waals surface area (Å²) in [5.74, 6) is -1.02. The number of carbonyl (C=O) groups is 2. The lowest BCUT2D eigenvalue weighted by Crippen LogP contribution is -2.27. The van der Waals surface area contributed by atoms with Crippen molar-refractivity contribution in [3.05, 3.63) is 10.4 Å². The molecule has 0 aromatic carbocycles. The molecule has 0 aliphatic heterocycles. The largest absolute Gasteiger partial charge is 0.481 e. The number of carbonyl (C=O) groups excluding carboxylic acids is 1. The van der Waals surface area contributed by atoms with Crippen molar-refractivity contribution < 1.29 is 14.7 Å². The van der Waals surface area contributed by atoms with E-state index in [1.165, 1.54) is 0 Å². The number of aliphatic carboxylic acids is 1. The second-order valence-electron chi connectivity index (χ2n) is 4.54. The summed E-state index contributed by atoms with van der Waals surface area (Å²) in [7, 11) is 0. The maximum Gasteiger partial charge on any atom is 0.303 e. The van der Waals surface area contributed by atoms with E-state index in [2.05, 4.69) is 15.3 Å². The minimum absolute atomic E-state index is 0.0407. The van der Waals surface area contributed by atoms with Gasteiger partial charge in [0.15, 0.2) is 0 Å². The molecule has 7 nitrogen and oxygen atoms in total. The molecule has 0 heterocycles. The van der Waals surface area contributed by atoms with Crippen LogP contribution >= 0.6 is 0 Å². The van der Waals surface area contributed by atoms with Crippen molar-refractivity contribution in [1.29, 1.82) is 0 Å². The molecule has 0 fully saturated rings. The van der Waals surface area contributed by atoms with E-state index in [-0.39, 0.29) is 25.3 Å². The quantitative estimate of drug-likeness (QED) is 0.292. The highest BCUT2D eigenvalue weighted by Crippen LogP contribution is 2.26. The highest BCUT2D eigenvalue weighted by Gasteiger charge is 2.22. The molecule has 0 aromatic rings. The van der Waals surface area contributed by atoms with Gasteiger partial charge in [-0.25, -0.2) is 0 Å². The normalized spacial score (nSPS) is 10.5. The van der Waals surface area contributed by atoms with Crippen LogP contribution in [0.15, 0.2) is 5.11 Å². The van der Waals surface area contributed by atoms with E-state index in [1.807, 2.05) is 13.8 Å². The van der Waals surface area contributed by atoms with Gasteiger partial charge in [0.25, 0.3) is 0 Å². The first-order valence-electron chi connectivity index (χ1n) is 5.37. The number of nitrogens with zero attached hydrogens (tertiary/aromatic N) is 3. The Labute approximate surface area is 99.8 Å². The first-order chi connectivity index (χ1) is 7.87. The number of carboxylic acid groups (broad SMARTS) is 1. The van der Waals surface area contributed by atoms with Gasteiger partial charge in [-0.3, -0.25) is 9.59 Å². The summed E-state index contributed by atoms with van der Waals surface area (Å²) in [6.45, 7) is 4.16. The van der Waals surface area contributed by atoms with E-state index in [1.54, 1.807) is 0 Å². The minimum atomic E-state index is -0.862. The van der Waals surface area contributed by atoms with Crippen LogP contribution in [0, 0.1) is 5.41 Å².